The van der Waals surface area contributed by atoms with Gasteiger partial charge < -0.3 is 5.11 Å². The van der Waals surface area contributed by atoms with Gasteiger partial charge in [0.15, 0.2) is 0 Å². The molecule has 0 aromatic heterocycles. The Morgan fingerprint density at radius 2 is 1.26 bits per heavy atom. The highest BCUT2D eigenvalue weighted by atomic mass is 16.3. The summed E-state index contributed by atoms with van der Waals surface area (Å²) in [5, 5.41) is 9.74. The molecule has 0 bridgehead atoms. The maximum Gasteiger partial charge on any atom is 0.121 e. The molecule has 0 aliphatic heterocycles. The Balaban J connectivity index is 2.16. The molecule has 0 amide bonds. The van der Waals surface area contributed by atoms with Crippen LogP contribution in [0, 0.1) is 13.8 Å². The zero-order valence-electron chi connectivity index (χ0n) is 13.0. The Bertz CT molecular complexity index is 345. The molecule has 0 aliphatic carbocycles. The van der Waals surface area contributed by atoms with Crippen LogP contribution >= 0.6 is 0 Å². The van der Waals surface area contributed by atoms with Crippen LogP contribution in [-0.4, -0.2) is 5.11 Å². The molecule has 0 heterocycles. The van der Waals surface area contributed by atoms with Crippen molar-refractivity contribution < 1.29 is 5.11 Å². The molecule has 0 atom stereocenters. The third-order valence-corrected chi connectivity index (χ3v) is 3.87. The minimum Gasteiger partial charge on any atom is -0.507 e. The van der Waals surface area contributed by atoms with Crippen molar-refractivity contribution in [1.82, 2.24) is 0 Å². The number of hydrogen-bond donors (Lipinski definition) is 1. The molecule has 1 nitrogen and oxygen atoms in total. The smallest absolute Gasteiger partial charge is 0.121 e. The van der Waals surface area contributed by atoms with Crippen molar-refractivity contribution in [2.24, 2.45) is 0 Å². The highest BCUT2D eigenvalue weighted by Gasteiger charge is 2.03. The predicted molar refractivity (Wildman–Crippen MR) is 83.9 cm³/mol. The fraction of sp³-hybridized carbons (Fsp3) is 0.667. The van der Waals surface area contributed by atoms with Crippen molar-refractivity contribution in [3.63, 3.8) is 0 Å². The second kappa shape index (κ2) is 9.01. The van der Waals surface area contributed by atoms with Crippen LogP contribution in [0.3, 0.4) is 0 Å². The number of rotatable bonds is 9. The summed E-state index contributed by atoms with van der Waals surface area (Å²) in [6.07, 6.45) is 12.1. The lowest BCUT2D eigenvalue weighted by Crippen LogP contribution is -1.90. The lowest BCUT2D eigenvalue weighted by atomic mass is 10.0. The molecule has 0 saturated carbocycles. The number of unbranched alkanes of at least 4 members (excludes halogenated alkanes) is 7. The second-order valence-corrected chi connectivity index (χ2v) is 5.80. The van der Waals surface area contributed by atoms with Crippen LogP contribution in [0.15, 0.2) is 12.1 Å². The summed E-state index contributed by atoms with van der Waals surface area (Å²) in [6.45, 7) is 6.24. The number of benzene rings is 1. The number of hydrogen-bond acceptors (Lipinski definition) is 1. The minimum atomic E-state index is 0.458. The van der Waals surface area contributed by atoms with Crippen LogP contribution in [0.4, 0.5) is 0 Å². The molecule has 1 aromatic carbocycles. The standard InChI is InChI=1S/C18H30O/c1-4-5-6-7-8-9-10-11-12-17-13-15(2)18(19)16(3)14-17/h13-14,19H,4-12H2,1-3H3. The van der Waals surface area contributed by atoms with Gasteiger partial charge in [-0.1, -0.05) is 64.0 Å². The van der Waals surface area contributed by atoms with Crippen molar-refractivity contribution in [3.05, 3.63) is 28.8 Å². The average Bonchev–Trinajstić information content (AvgIpc) is 2.39. The molecule has 1 rings (SSSR count). The Hall–Kier alpha value is -0.980. The Morgan fingerprint density at radius 3 is 1.79 bits per heavy atom. The van der Waals surface area contributed by atoms with E-state index in [1.165, 1.54) is 56.9 Å². The van der Waals surface area contributed by atoms with E-state index in [-0.39, 0.29) is 0 Å². The second-order valence-electron chi connectivity index (χ2n) is 5.80. The highest BCUT2D eigenvalue weighted by molar-refractivity contribution is 5.42. The quantitative estimate of drug-likeness (QED) is 0.567. The first-order valence-electron chi connectivity index (χ1n) is 7.94. The first-order chi connectivity index (χ1) is 9.15. The molecule has 0 aliphatic rings. The first kappa shape index (κ1) is 16.1. The van der Waals surface area contributed by atoms with Gasteiger partial charge in [0.1, 0.15) is 5.75 Å². The molecule has 1 N–H and O–H groups in total. The lowest BCUT2D eigenvalue weighted by Gasteiger charge is -2.08. The van der Waals surface area contributed by atoms with Gasteiger partial charge in [-0.2, -0.15) is 0 Å². The monoisotopic (exact) mass is 262 g/mol. The fourth-order valence-electron chi connectivity index (χ4n) is 2.65. The van der Waals surface area contributed by atoms with Crippen molar-refractivity contribution >= 4 is 0 Å². The van der Waals surface area contributed by atoms with E-state index in [0.717, 1.165) is 17.5 Å². The normalized spacial score (nSPS) is 10.9. The van der Waals surface area contributed by atoms with E-state index in [1.807, 2.05) is 13.8 Å². The van der Waals surface area contributed by atoms with Gasteiger partial charge in [-0.05, 0) is 43.4 Å². The molecule has 0 fully saturated rings. The number of phenols is 1. The molecule has 19 heavy (non-hydrogen) atoms. The number of aromatic hydroxyl groups is 1. The first-order valence-corrected chi connectivity index (χ1v) is 7.94. The third kappa shape index (κ3) is 6.13. The lowest BCUT2D eigenvalue weighted by molar-refractivity contribution is 0.466. The summed E-state index contributed by atoms with van der Waals surface area (Å²) in [5.74, 6) is 0.458. The van der Waals surface area contributed by atoms with Gasteiger partial charge in [-0.25, -0.2) is 0 Å². The largest absolute Gasteiger partial charge is 0.507 e. The number of aryl methyl sites for hydroxylation is 3. The van der Waals surface area contributed by atoms with E-state index in [1.54, 1.807) is 0 Å². The van der Waals surface area contributed by atoms with Crippen LogP contribution in [0.1, 0.15) is 75.0 Å². The van der Waals surface area contributed by atoms with Gasteiger partial charge in [0, 0.05) is 0 Å². The summed E-state index contributed by atoms with van der Waals surface area (Å²) < 4.78 is 0. The topological polar surface area (TPSA) is 20.2 Å². The maximum absolute atomic E-state index is 9.74. The highest BCUT2D eigenvalue weighted by Crippen LogP contribution is 2.24. The molecular weight excluding hydrogens is 232 g/mol. The van der Waals surface area contributed by atoms with Crippen LogP contribution in [-0.2, 0) is 6.42 Å². The van der Waals surface area contributed by atoms with E-state index >= 15 is 0 Å². The molecule has 108 valence electrons. The van der Waals surface area contributed by atoms with Gasteiger partial charge >= 0.3 is 0 Å². The Kier molecular flexibility index (Phi) is 7.62. The molecular formula is C18H30O. The van der Waals surface area contributed by atoms with E-state index < -0.39 is 0 Å². The Morgan fingerprint density at radius 1 is 0.789 bits per heavy atom. The van der Waals surface area contributed by atoms with E-state index in [0.29, 0.717) is 5.75 Å². The number of phenolic OH excluding ortho intramolecular Hbond substituents is 1. The van der Waals surface area contributed by atoms with Gasteiger partial charge in [-0.15, -0.1) is 0 Å². The summed E-state index contributed by atoms with van der Waals surface area (Å²) in [6, 6.07) is 4.26. The zero-order chi connectivity index (χ0) is 14.1. The van der Waals surface area contributed by atoms with Crippen molar-refractivity contribution in [2.45, 2.75) is 78.6 Å². The molecule has 1 aromatic rings. The van der Waals surface area contributed by atoms with Gasteiger partial charge in [0.2, 0.25) is 0 Å². The van der Waals surface area contributed by atoms with Crippen molar-refractivity contribution in [3.8, 4) is 5.75 Å². The van der Waals surface area contributed by atoms with E-state index in [4.69, 9.17) is 0 Å². The molecule has 0 unspecified atom stereocenters. The summed E-state index contributed by atoms with van der Waals surface area (Å²) >= 11 is 0. The van der Waals surface area contributed by atoms with Crippen molar-refractivity contribution in [2.75, 3.05) is 0 Å². The maximum atomic E-state index is 9.74. The van der Waals surface area contributed by atoms with Crippen LogP contribution in [0.25, 0.3) is 0 Å². The van der Waals surface area contributed by atoms with E-state index in [2.05, 4.69) is 19.1 Å². The molecule has 0 spiro atoms. The molecule has 1 heteroatoms. The molecule has 0 saturated heterocycles. The van der Waals surface area contributed by atoms with Gasteiger partial charge in [-0.3, -0.25) is 0 Å². The summed E-state index contributed by atoms with van der Waals surface area (Å²) in [5.41, 5.74) is 3.39. The minimum absolute atomic E-state index is 0.458. The van der Waals surface area contributed by atoms with Crippen molar-refractivity contribution in [1.29, 1.82) is 0 Å². The van der Waals surface area contributed by atoms with Gasteiger partial charge in [0.05, 0.1) is 0 Å². The fourth-order valence-corrected chi connectivity index (χ4v) is 2.65. The average molecular weight is 262 g/mol. The third-order valence-electron chi connectivity index (χ3n) is 3.87. The predicted octanol–water partition coefficient (Wildman–Crippen LogP) is 5.69. The van der Waals surface area contributed by atoms with E-state index in [9.17, 15) is 5.11 Å². The SMILES string of the molecule is CCCCCCCCCCc1cc(C)c(O)c(C)c1. The Labute approximate surface area is 119 Å². The molecule has 0 radical (unpaired) electrons. The summed E-state index contributed by atoms with van der Waals surface area (Å²) in [7, 11) is 0. The van der Waals surface area contributed by atoms with Crippen LogP contribution < -0.4 is 0 Å². The van der Waals surface area contributed by atoms with Crippen LogP contribution in [0.5, 0.6) is 5.75 Å². The van der Waals surface area contributed by atoms with Crippen LogP contribution in [0.2, 0.25) is 0 Å². The van der Waals surface area contributed by atoms with Gasteiger partial charge in [0.25, 0.3) is 0 Å². The summed E-state index contributed by atoms with van der Waals surface area (Å²) in [4.78, 5) is 0. The zero-order valence-corrected chi connectivity index (χ0v) is 13.0.